The van der Waals surface area contributed by atoms with Gasteiger partial charge in [-0.25, -0.2) is 0 Å². The van der Waals surface area contributed by atoms with Gasteiger partial charge < -0.3 is 15.4 Å². The molecule has 0 bridgehead atoms. The first-order chi connectivity index (χ1) is 8.52. The molecule has 1 aromatic carbocycles. The van der Waals surface area contributed by atoms with Crippen LogP contribution in [-0.2, 0) is 16.0 Å². The molecular formula is C14H22N2O2. The van der Waals surface area contributed by atoms with E-state index in [9.17, 15) is 4.79 Å². The van der Waals surface area contributed by atoms with Crippen LogP contribution < -0.4 is 5.73 Å². The Labute approximate surface area is 109 Å². The van der Waals surface area contributed by atoms with Crippen LogP contribution in [0.5, 0.6) is 0 Å². The van der Waals surface area contributed by atoms with Crippen molar-refractivity contribution in [3.8, 4) is 0 Å². The number of hydrogen-bond donors (Lipinski definition) is 1. The van der Waals surface area contributed by atoms with Crippen molar-refractivity contribution in [2.75, 3.05) is 26.0 Å². The predicted molar refractivity (Wildman–Crippen MR) is 73.3 cm³/mol. The number of rotatable bonds is 6. The molecule has 0 aromatic heterocycles. The molecule has 1 amide bonds. The Bertz CT molecular complexity index is 391. The van der Waals surface area contributed by atoms with Gasteiger partial charge in [0.2, 0.25) is 5.91 Å². The predicted octanol–water partition coefficient (Wildman–Crippen LogP) is 1.69. The third kappa shape index (κ3) is 4.37. The van der Waals surface area contributed by atoms with Gasteiger partial charge in [0, 0.05) is 18.8 Å². The Morgan fingerprint density at radius 3 is 2.67 bits per heavy atom. The topological polar surface area (TPSA) is 55.6 Å². The molecule has 0 aliphatic rings. The number of anilines is 1. The van der Waals surface area contributed by atoms with E-state index in [2.05, 4.69) is 0 Å². The molecule has 0 unspecified atom stereocenters. The lowest BCUT2D eigenvalue weighted by Gasteiger charge is -2.21. The zero-order chi connectivity index (χ0) is 13.5. The summed E-state index contributed by atoms with van der Waals surface area (Å²) in [7, 11) is 1.78. The molecule has 1 rings (SSSR count). The Kier molecular flexibility index (Phi) is 5.65. The van der Waals surface area contributed by atoms with E-state index in [-0.39, 0.29) is 18.6 Å². The molecule has 0 radical (unpaired) electrons. The standard InChI is InChI=1S/C14H22N2O2/c1-11(2)16(3)14(17)10-18-9-8-12-6-4-5-7-13(12)15/h4-7,11H,8-10,15H2,1-3H3. The fraction of sp³-hybridized carbons (Fsp3) is 0.500. The molecule has 0 spiro atoms. The third-order valence-electron chi connectivity index (χ3n) is 2.96. The van der Waals surface area contributed by atoms with Gasteiger partial charge in [0.25, 0.3) is 0 Å². The number of nitrogen functional groups attached to an aromatic ring is 1. The zero-order valence-electron chi connectivity index (χ0n) is 11.3. The van der Waals surface area contributed by atoms with Gasteiger partial charge in [0.15, 0.2) is 0 Å². The van der Waals surface area contributed by atoms with Crippen molar-refractivity contribution in [2.24, 2.45) is 0 Å². The van der Waals surface area contributed by atoms with Gasteiger partial charge in [-0.05, 0) is 31.9 Å². The van der Waals surface area contributed by atoms with Gasteiger partial charge in [0.1, 0.15) is 6.61 Å². The minimum absolute atomic E-state index is 0.00559. The first-order valence-electron chi connectivity index (χ1n) is 6.19. The van der Waals surface area contributed by atoms with Crippen LogP contribution in [0.25, 0.3) is 0 Å². The second-order valence-electron chi connectivity index (χ2n) is 4.60. The van der Waals surface area contributed by atoms with E-state index in [1.165, 1.54) is 0 Å². The first kappa shape index (κ1) is 14.5. The maximum absolute atomic E-state index is 11.6. The van der Waals surface area contributed by atoms with Gasteiger partial charge in [-0.3, -0.25) is 4.79 Å². The molecule has 1 aromatic rings. The maximum Gasteiger partial charge on any atom is 0.248 e. The molecule has 100 valence electrons. The number of benzene rings is 1. The van der Waals surface area contributed by atoms with Crippen LogP contribution in [0.15, 0.2) is 24.3 Å². The Morgan fingerprint density at radius 2 is 2.06 bits per heavy atom. The Morgan fingerprint density at radius 1 is 1.39 bits per heavy atom. The highest BCUT2D eigenvalue weighted by Crippen LogP contribution is 2.10. The van der Waals surface area contributed by atoms with Crippen molar-refractivity contribution in [3.05, 3.63) is 29.8 Å². The SMILES string of the molecule is CC(C)N(C)C(=O)COCCc1ccccc1N. The number of likely N-dealkylation sites (N-methyl/N-ethyl adjacent to an activating group) is 1. The van der Waals surface area contributed by atoms with E-state index in [0.717, 1.165) is 17.7 Å². The molecule has 0 saturated carbocycles. The summed E-state index contributed by atoms with van der Waals surface area (Å²) in [6.45, 7) is 4.58. The second kappa shape index (κ2) is 7.01. The van der Waals surface area contributed by atoms with Gasteiger partial charge in [-0.15, -0.1) is 0 Å². The molecule has 18 heavy (non-hydrogen) atoms. The van der Waals surface area contributed by atoms with Gasteiger partial charge in [0.05, 0.1) is 6.61 Å². The molecule has 2 N–H and O–H groups in total. The summed E-state index contributed by atoms with van der Waals surface area (Å²) >= 11 is 0. The molecule has 4 nitrogen and oxygen atoms in total. The van der Waals surface area contributed by atoms with Crippen molar-refractivity contribution in [3.63, 3.8) is 0 Å². The largest absolute Gasteiger partial charge is 0.399 e. The van der Waals surface area contributed by atoms with Gasteiger partial charge >= 0.3 is 0 Å². The number of amides is 1. The van der Waals surface area contributed by atoms with Crippen molar-refractivity contribution in [1.29, 1.82) is 0 Å². The minimum atomic E-state index is 0.00559. The van der Waals surface area contributed by atoms with Crippen molar-refractivity contribution in [2.45, 2.75) is 26.3 Å². The molecule has 0 fully saturated rings. The van der Waals surface area contributed by atoms with Gasteiger partial charge in [-0.2, -0.15) is 0 Å². The smallest absolute Gasteiger partial charge is 0.248 e. The summed E-state index contributed by atoms with van der Waals surface area (Å²) in [6.07, 6.45) is 0.728. The summed E-state index contributed by atoms with van der Waals surface area (Å²) in [5.41, 5.74) is 7.65. The second-order valence-corrected chi connectivity index (χ2v) is 4.60. The van der Waals surface area contributed by atoms with Crippen LogP contribution in [0, 0.1) is 0 Å². The van der Waals surface area contributed by atoms with Crippen molar-refractivity contribution >= 4 is 11.6 Å². The number of nitrogens with two attached hydrogens (primary N) is 1. The maximum atomic E-state index is 11.6. The number of hydrogen-bond acceptors (Lipinski definition) is 3. The number of carbonyl (C=O) groups excluding carboxylic acids is 1. The van der Waals surface area contributed by atoms with Crippen LogP contribution in [0.3, 0.4) is 0 Å². The summed E-state index contributed by atoms with van der Waals surface area (Å²) in [5.74, 6) is 0.00559. The Hall–Kier alpha value is -1.55. The fourth-order valence-electron chi connectivity index (χ4n) is 1.49. The van der Waals surface area contributed by atoms with E-state index < -0.39 is 0 Å². The van der Waals surface area contributed by atoms with E-state index in [1.54, 1.807) is 11.9 Å². The molecular weight excluding hydrogens is 228 g/mol. The zero-order valence-corrected chi connectivity index (χ0v) is 11.3. The molecule has 0 aliphatic carbocycles. The van der Waals surface area contributed by atoms with E-state index in [0.29, 0.717) is 6.61 Å². The molecule has 0 atom stereocenters. The van der Waals surface area contributed by atoms with Crippen LogP contribution in [0.2, 0.25) is 0 Å². The Balaban J connectivity index is 2.27. The van der Waals surface area contributed by atoms with Crippen LogP contribution in [-0.4, -0.2) is 37.1 Å². The lowest BCUT2D eigenvalue weighted by atomic mass is 10.1. The average Bonchev–Trinajstić information content (AvgIpc) is 2.35. The number of para-hydroxylation sites is 1. The molecule has 0 heterocycles. The normalized spacial score (nSPS) is 10.7. The highest BCUT2D eigenvalue weighted by molar-refractivity contribution is 5.77. The summed E-state index contributed by atoms with van der Waals surface area (Å²) in [6, 6.07) is 7.89. The molecule has 0 aliphatic heterocycles. The lowest BCUT2D eigenvalue weighted by Crippen LogP contribution is -2.35. The summed E-state index contributed by atoms with van der Waals surface area (Å²) in [4.78, 5) is 13.3. The van der Waals surface area contributed by atoms with E-state index in [1.807, 2.05) is 38.1 Å². The monoisotopic (exact) mass is 250 g/mol. The highest BCUT2D eigenvalue weighted by atomic mass is 16.5. The van der Waals surface area contributed by atoms with Crippen LogP contribution >= 0.6 is 0 Å². The highest BCUT2D eigenvalue weighted by Gasteiger charge is 2.11. The van der Waals surface area contributed by atoms with Crippen LogP contribution in [0.1, 0.15) is 19.4 Å². The van der Waals surface area contributed by atoms with E-state index >= 15 is 0 Å². The molecule has 0 saturated heterocycles. The van der Waals surface area contributed by atoms with Gasteiger partial charge in [-0.1, -0.05) is 18.2 Å². The number of ether oxygens (including phenoxy) is 1. The average molecular weight is 250 g/mol. The first-order valence-corrected chi connectivity index (χ1v) is 6.19. The number of nitrogens with zero attached hydrogens (tertiary/aromatic N) is 1. The number of carbonyl (C=O) groups is 1. The van der Waals surface area contributed by atoms with E-state index in [4.69, 9.17) is 10.5 Å². The van der Waals surface area contributed by atoms with Crippen LogP contribution in [0.4, 0.5) is 5.69 Å². The van der Waals surface area contributed by atoms with Crippen molar-refractivity contribution < 1.29 is 9.53 Å². The van der Waals surface area contributed by atoms with Crippen molar-refractivity contribution in [1.82, 2.24) is 4.90 Å². The fourth-order valence-corrected chi connectivity index (χ4v) is 1.49. The molecule has 4 heteroatoms. The summed E-state index contributed by atoms with van der Waals surface area (Å²) in [5, 5.41) is 0. The summed E-state index contributed by atoms with van der Waals surface area (Å²) < 4.78 is 5.38. The minimum Gasteiger partial charge on any atom is -0.399 e. The quantitative estimate of drug-likeness (QED) is 0.617. The lowest BCUT2D eigenvalue weighted by molar-refractivity contribution is -0.136. The third-order valence-corrected chi connectivity index (χ3v) is 2.96.